The molecule has 5 nitrogen and oxygen atoms in total. The van der Waals surface area contributed by atoms with Gasteiger partial charge in [-0.15, -0.1) is 5.10 Å². The average Bonchev–Trinajstić information content (AvgIpc) is 2.38. The van der Waals surface area contributed by atoms with Gasteiger partial charge in [-0.25, -0.2) is 4.98 Å². The van der Waals surface area contributed by atoms with Gasteiger partial charge in [-0.05, 0) is 0 Å². The molecule has 2 aromatic heterocycles. The number of hydrogen-bond donors (Lipinski definition) is 1. The minimum absolute atomic E-state index is 0.0838. The summed E-state index contributed by atoms with van der Waals surface area (Å²) in [6.45, 7) is 6.21. The smallest absolute Gasteiger partial charge is 0.159 e. The second-order valence-electron chi connectivity index (χ2n) is 4.29. The van der Waals surface area contributed by atoms with Crippen LogP contribution in [0.5, 0.6) is 0 Å². The molecule has 0 radical (unpaired) electrons. The Labute approximate surface area is 81.9 Å². The Balaban J connectivity index is 2.81. The third kappa shape index (κ3) is 1.21. The van der Waals surface area contributed by atoms with Gasteiger partial charge in [0.1, 0.15) is 5.82 Å². The number of nitrogens with zero attached hydrogens (tertiary/aromatic N) is 4. The highest BCUT2D eigenvalue weighted by Gasteiger charge is 2.23. The van der Waals surface area contributed by atoms with Crippen LogP contribution in [0.4, 0.5) is 5.82 Å². The zero-order chi connectivity index (χ0) is 10.3. The third-order valence-electron chi connectivity index (χ3n) is 2.05. The quantitative estimate of drug-likeness (QED) is 0.674. The van der Waals surface area contributed by atoms with Gasteiger partial charge in [-0.3, -0.25) is 0 Å². The molecule has 0 spiro atoms. The van der Waals surface area contributed by atoms with Crippen molar-refractivity contribution in [3.05, 3.63) is 18.0 Å². The largest absolute Gasteiger partial charge is 0.382 e. The van der Waals surface area contributed by atoms with Crippen LogP contribution in [-0.4, -0.2) is 19.8 Å². The summed E-state index contributed by atoms with van der Waals surface area (Å²) in [6, 6.07) is 1.79. The fourth-order valence-electron chi connectivity index (χ4n) is 1.53. The molecule has 0 saturated heterocycles. The first-order valence-electron chi connectivity index (χ1n) is 4.46. The van der Waals surface area contributed by atoms with E-state index in [2.05, 4.69) is 36.1 Å². The summed E-state index contributed by atoms with van der Waals surface area (Å²) in [5.41, 5.74) is 7.40. The first-order chi connectivity index (χ1) is 6.50. The van der Waals surface area contributed by atoms with Crippen LogP contribution in [0.25, 0.3) is 5.65 Å². The number of aromatic nitrogens is 4. The monoisotopic (exact) mass is 191 g/mol. The summed E-state index contributed by atoms with van der Waals surface area (Å²) in [7, 11) is 0. The van der Waals surface area contributed by atoms with E-state index in [-0.39, 0.29) is 5.41 Å². The van der Waals surface area contributed by atoms with Crippen LogP contribution in [-0.2, 0) is 5.41 Å². The molecule has 0 unspecified atom stereocenters. The molecule has 74 valence electrons. The highest BCUT2D eigenvalue weighted by atomic mass is 15.4. The normalized spacial score (nSPS) is 12.2. The fourth-order valence-corrected chi connectivity index (χ4v) is 1.53. The van der Waals surface area contributed by atoms with Crippen LogP contribution in [0.15, 0.2) is 12.3 Å². The van der Waals surface area contributed by atoms with Crippen molar-refractivity contribution in [3.8, 4) is 0 Å². The van der Waals surface area contributed by atoms with Crippen LogP contribution in [0.1, 0.15) is 26.5 Å². The van der Waals surface area contributed by atoms with Gasteiger partial charge < -0.3 is 5.73 Å². The Kier molecular flexibility index (Phi) is 1.70. The molecular weight excluding hydrogens is 178 g/mol. The lowest BCUT2D eigenvalue weighted by Crippen LogP contribution is -2.17. The second-order valence-corrected chi connectivity index (χ2v) is 4.29. The van der Waals surface area contributed by atoms with Crippen molar-refractivity contribution in [2.75, 3.05) is 5.73 Å². The van der Waals surface area contributed by atoms with Crippen LogP contribution in [0, 0.1) is 0 Å². The van der Waals surface area contributed by atoms with Crippen molar-refractivity contribution < 1.29 is 0 Å². The van der Waals surface area contributed by atoms with Crippen molar-refractivity contribution in [1.82, 2.24) is 19.8 Å². The molecule has 0 saturated carbocycles. The summed E-state index contributed by atoms with van der Waals surface area (Å²) >= 11 is 0. The van der Waals surface area contributed by atoms with E-state index in [1.165, 1.54) is 0 Å². The van der Waals surface area contributed by atoms with E-state index in [1.54, 1.807) is 16.8 Å². The number of anilines is 1. The van der Waals surface area contributed by atoms with Crippen LogP contribution >= 0.6 is 0 Å². The average molecular weight is 191 g/mol. The van der Waals surface area contributed by atoms with Gasteiger partial charge in [0.2, 0.25) is 0 Å². The number of nitrogens with two attached hydrogens (primary N) is 1. The molecule has 0 aliphatic rings. The minimum Gasteiger partial charge on any atom is -0.382 e. The lowest BCUT2D eigenvalue weighted by Gasteiger charge is -2.17. The Morgan fingerprint density at radius 2 is 2.07 bits per heavy atom. The fraction of sp³-hybridized carbons (Fsp3) is 0.444. The topological polar surface area (TPSA) is 69.1 Å². The number of nitrogen functional groups attached to an aromatic ring is 1. The summed E-state index contributed by atoms with van der Waals surface area (Å²) in [6.07, 6.45) is 1.61. The highest BCUT2D eigenvalue weighted by molar-refractivity contribution is 5.52. The molecule has 2 N–H and O–H groups in total. The number of imidazole rings is 1. The Hall–Kier alpha value is -1.65. The van der Waals surface area contributed by atoms with Crippen molar-refractivity contribution in [2.45, 2.75) is 26.2 Å². The first-order valence-corrected chi connectivity index (χ1v) is 4.46. The maximum atomic E-state index is 5.84. The first kappa shape index (κ1) is 8.93. The molecule has 2 aromatic rings. The summed E-state index contributed by atoms with van der Waals surface area (Å²) in [4.78, 5) is 4.22. The van der Waals surface area contributed by atoms with Gasteiger partial charge in [0.25, 0.3) is 0 Å². The molecule has 0 aliphatic heterocycles. The summed E-state index contributed by atoms with van der Waals surface area (Å²) in [5.74, 6) is 0.526. The van der Waals surface area contributed by atoms with E-state index in [1.807, 2.05) is 0 Å². The van der Waals surface area contributed by atoms with Gasteiger partial charge in [0.05, 0.1) is 11.9 Å². The standard InChI is InChI=1S/C9H13N5/c1-9(2,3)7-8(10)12-6-4-5-11-13-14(6)7/h4-5H,10H2,1-3H3. The Morgan fingerprint density at radius 3 is 2.71 bits per heavy atom. The molecule has 14 heavy (non-hydrogen) atoms. The number of fused-ring (bicyclic) bond motifs is 1. The zero-order valence-electron chi connectivity index (χ0n) is 8.52. The van der Waals surface area contributed by atoms with Crippen LogP contribution in [0.3, 0.4) is 0 Å². The van der Waals surface area contributed by atoms with Crippen molar-refractivity contribution in [1.29, 1.82) is 0 Å². The molecule has 0 aliphatic carbocycles. The summed E-state index contributed by atoms with van der Waals surface area (Å²) in [5, 5.41) is 7.81. The lowest BCUT2D eigenvalue weighted by atomic mass is 9.92. The predicted molar refractivity (Wildman–Crippen MR) is 53.9 cm³/mol. The van der Waals surface area contributed by atoms with Gasteiger partial charge >= 0.3 is 0 Å². The zero-order valence-corrected chi connectivity index (χ0v) is 8.52. The van der Waals surface area contributed by atoms with Gasteiger partial charge in [0, 0.05) is 11.5 Å². The maximum absolute atomic E-state index is 5.84. The summed E-state index contributed by atoms with van der Waals surface area (Å²) < 4.78 is 1.69. The molecule has 2 heterocycles. The SMILES string of the molecule is CC(C)(C)c1c(N)nc2ccnnn12. The lowest BCUT2D eigenvalue weighted by molar-refractivity contribution is 0.546. The van der Waals surface area contributed by atoms with Crippen molar-refractivity contribution in [3.63, 3.8) is 0 Å². The molecule has 0 aromatic carbocycles. The molecule has 0 bridgehead atoms. The Morgan fingerprint density at radius 1 is 1.36 bits per heavy atom. The van der Waals surface area contributed by atoms with E-state index in [4.69, 9.17) is 5.73 Å². The van der Waals surface area contributed by atoms with Gasteiger partial charge in [-0.1, -0.05) is 26.0 Å². The van der Waals surface area contributed by atoms with E-state index < -0.39 is 0 Å². The number of rotatable bonds is 0. The van der Waals surface area contributed by atoms with Crippen LogP contribution < -0.4 is 5.73 Å². The predicted octanol–water partition coefficient (Wildman–Crippen LogP) is 1.00. The van der Waals surface area contributed by atoms with Crippen molar-refractivity contribution in [2.24, 2.45) is 0 Å². The Bertz CT molecular complexity index is 465. The molecule has 0 fully saturated rings. The molecule has 2 rings (SSSR count). The van der Waals surface area contributed by atoms with Crippen molar-refractivity contribution >= 4 is 11.5 Å². The number of hydrogen-bond acceptors (Lipinski definition) is 4. The van der Waals surface area contributed by atoms with Gasteiger partial charge in [0.15, 0.2) is 5.65 Å². The van der Waals surface area contributed by atoms with Gasteiger partial charge in [-0.2, -0.15) is 4.52 Å². The van der Waals surface area contributed by atoms with E-state index in [0.717, 1.165) is 11.3 Å². The van der Waals surface area contributed by atoms with E-state index in [0.29, 0.717) is 5.82 Å². The second kappa shape index (κ2) is 2.67. The molecular formula is C9H13N5. The highest BCUT2D eigenvalue weighted by Crippen LogP contribution is 2.27. The maximum Gasteiger partial charge on any atom is 0.159 e. The van der Waals surface area contributed by atoms with E-state index >= 15 is 0 Å². The third-order valence-corrected chi connectivity index (χ3v) is 2.05. The van der Waals surface area contributed by atoms with E-state index in [9.17, 15) is 0 Å². The van der Waals surface area contributed by atoms with Crippen LogP contribution in [0.2, 0.25) is 0 Å². The minimum atomic E-state index is -0.0838. The molecule has 0 atom stereocenters. The molecule has 5 heteroatoms. The molecule has 0 amide bonds.